The zero-order valence-corrected chi connectivity index (χ0v) is 14.6. The SMILES string of the molecule is CCn1nccc1C(C)NC(=O)Cn1nc([N+](=O)[O-])c(Br)c1C. The fraction of sp³-hybridized carbons (Fsp3) is 0.462. The summed E-state index contributed by atoms with van der Waals surface area (Å²) in [6.07, 6.45) is 1.68. The molecule has 124 valence electrons. The van der Waals surface area contributed by atoms with Crippen molar-refractivity contribution in [1.82, 2.24) is 24.9 Å². The Kier molecular flexibility index (Phi) is 5.14. The zero-order valence-electron chi connectivity index (χ0n) is 13.0. The highest BCUT2D eigenvalue weighted by Gasteiger charge is 2.25. The van der Waals surface area contributed by atoms with Crippen LogP contribution < -0.4 is 5.32 Å². The number of rotatable bonds is 6. The summed E-state index contributed by atoms with van der Waals surface area (Å²) in [5.74, 6) is -0.582. The first kappa shape index (κ1) is 17.1. The van der Waals surface area contributed by atoms with Crippen molar-refractivity contribution in [3.63, 3.8) is 0 Å². The van der Waals surface area contributed by atoms with Gasteiger partial charge < -0.3 is 15.4 Å². The standard InChI is InChI=1S/C13H17BrN6O3/c1-4-18-10(5-6-15-18)8(2)16-11(21)7-19-9(3)12(14)13(17-19)20(22)23/h5-6,8H,4,7H2,1-3H3,(H,16,21). The molecule has 0 saturated carbocycles. The quantitative estimate of drug-likeness (QED) is 0.604. The monoisotopic (exact) mass is 384 g/mol. The van der Waals surface area contributed by atoms with E-state index in [2.05, 4.69) is 31.4 Å². The lowest BCUT2D eigenvalue weighted by atomic mass is 10.2. The average molecular weight is 385 g/mol. The van der Waals surface area contributed by atoms with Crippen LogP contribution in [0.4, 0.5) is 5.82 Å². The van der Waals surface area contributed by atoms with E-state index in [1.165, 1.54) is 4.68 Å². The number of hydrogen-bond acceptors (Lipinski definition) is 5. The maximum absolute atomic E-state index is 12.2. The van der Waals surface area contributed by atoms with E-state index in [0.717, 1.165) is 5.69 Å². The van der Waals surface area contributed by atoms with Gasteiger partial charge in [-0.05, 0) is 47.7 Å². The van der Waals surface area contributed by atoms with Crippen LogP contribution in [0.15, 0.2) is 16.7 Å². The van der Waals surface area contributed by atoms with Crippen LogP contribution in [-0.4, -0.2) is 30.4 Å². The Morgan fingerprint density at radius 2 is 2.22 bits per heavy atom. The summed E-state index contributed by atoms with van der Waals surface area (Å²) < 4.78 is 3.39. The summed E-state index contributed by atoms with van der Waals surface area (Å²) in [7, 11) is 0. The fourth-order valence-corrected chi connectivity index (χ4v) is 2.68. The van der Waals surface area contributed by atoms with Gasteiger partial charge in [-0.3, -0.25) is 9.48 Å². The molecule has 0 saturated heterocycles. The molecular formula is C13H17BrN6O3. The van der Waals surface area contributed by atoms with Crippen LogP contribution in [0.5, 0.6) is 0 Å². The Bertz CT molecular complexity index is 738. The first-order valence-corrected chi connectivity index (χ1v) is 7.82. The molecule has 1 N–H and O–H groups in total. The third-order valence-corrected chi connectivity index (χ3v) is 4.38. The lowest BCUT2D eigenvalue weighted by molar-refractivity contribution is -0.390. The summed E-state index contributed by atoms with van der Waals surface area (Å²) in [6, 6.07) is 1.62. The molecule has 23 heavy (non-hydrogen) atoms. The Balaban J connectivity index is 2.08. The van der Waals surface area contributed by atoms with Gasteiger partial charge in [0.15, 0.2) is 0 Å². The van der Waals surface area contributed by atoms with E-state index in [1.807, 2.05) is 19.9 Å². The summed E-state index contributed by atoms with van der Waals surface area (Å²) >= 11 is 3.12. The van der Waals surface area contributed by atoms with Crippen molar-refractivity contribution < 1.29 is 9.72 Å². The molecule has 0 spiro atoms. The normalized spacial score (nSPS) is 12.2. The molecule has 2 rings (SSSR count). The number of aryl methyl sites for hydroxylation is 1. The van der Waals surface area contributed by atoms with Crippen molar-refractivity contribution in [2.24, 2.45) is 0 Å². The van der Waals surface area contributed by atoms with E-state index in [4.69, 9.17) is 0 Å². The third-order valence-electron chi connectivity index (χ3n) is 3.45. The lowest BCUT2D eigenvalue weighted by Gasteiger charge is -2.15. The molecule has 0 aliphatic carbocycles. The minimum atomic E-state index is -0.589. The molecule has 9 nitrogen and oxygen atoms in total. The van der Waals surface area contributed by atoms with Gasteiger partial charge in [-0.2, -0.15) is 9.78 Å². The molecule has 1 unspecified atom stereocenters. The fourth-order valence-electron chi connectivity index (χ4n) is 2.25. The zero-order chi connectivity index (χ0) is 17.1. The molecule has 10 heteroatoms. The van der Waals surface area contributed by atoms with Crippen LogP contribution >= 0.6 is 15.9 Å². The van der Waals surface area contributed by atoms with E-state index in [1.54, 1.807) is 17.8 Å². The van der Waals surface area contributed by atoms with Crippen LogP contribution in [0.2, 0.25) is 0 Å². The number of hydrogen-bond donors (Lipinski definition) is 1. The van der Waals surface area contributed by atoms with Crippen molar-refractivity contribution >= 4 is 27.7 Å². The summed E-state index contributed by atoms with van der Waals surface area (Å²) in [4.78, 5) is 22.5. The number of aromatic nitrogens is 4. The van der Waals surface area contributed by atoms with Crippen LogP contribution in [0.25, 0.3) is 0 Å². The molecule has 0 fully saturated rings. The first-order valence-electron chi connectivity index (χ1n) is 7.03. The molecule has 0 radical (unpaired) electrons. The van der Waals surface area contributed by atoms with Crippen molar-refractivity contribution in [2.75, 3.05) is 0 Å². The van der Waals surface area contributed by atoms with Gasteiger partial charge in [0, 0.05) is 12.7 Å². The number of nitrogens with one attached hydrogen (secondary N) is 1. The number of amides is 1. The van der Waals surface area contributed by atoms with Gasteiger partial charge >= 0.3 is 5.82 Å². The lowest BCUT2D eigenvalue weighted by Crippen LogP contribution is -2.31. The number of nitro groups is 1. The highest BCUT2D eigenvalue weighted by molar-refractivity contribution is 9.10. The van der Waals surface area contributed by atoms with Gasteiger partial charge in [-0.25, -0.2) is 0 Å². The van der Waals surface area contributed by atoms with Crippen LogP contribution in [0.1, 0.15) is 31.3 Å². The maximum Gasteiger partial charge on any atom is 0.404 e. The molecule has 0 aliphatic rings. The maximum atomic E-state index is 12.2. The van der Waals surface area contributed by atoms with E-state index in [-0.39, 0.29) is 28.8 Å². The van der Waals surface area contributed by atoms with Crippen LogP contribution in [0, 0.1) is 17.0 Å². The Hall–Kier alpha value is -2.23. The van der Waals surface area contributed by atoms with E-state index in [0.29, 0.717) is 12.2 Å². The molecule has 1 amide bonds. The minimum absolute atomic E-state index is 0.0944. The highest BCUT2D eigenvalue weighted by Crippen LogP contribution is 2.26. The second-order valence-electron chi connectivity index (χ2n) is 5.00. The van der Waals surface area contributed by atoms with Gasteiger partial charge in [0.1, 0.15) is 11.0 Å². The van der Waals surface area contributed by atoms with Crippen molar-refractivity contribution in [2.45, 2.75) is 39.9 Å². The number of halogens is 1. The predicted octanol–water partition coefficient (Wildman–Crippen LogP) is 1.96. The number of carbonyl (C=O) groups excluding carboxylic acids is 1. The molecule has 2 aromatic rings. The molecule has 1 atom stereocenters. The highest BCUT2D eigenvalue weighted by atomic mass is 79.9. The minimum Gasteiger partial charge on any atom is -0.358 e. The van der Waals surface area contributed by atoms with Gasteiger partial charge in [0.25, 0.3) is 0 Å². The Morgan fingerprint density at radius 1 is 1.52 bits per heavy atom. The number of carbonyl (C=O) groups is 1. The van der Waals surface area contributed by atoms with Gasteiger partial charge in [-0.15, -0.1) is 0 Å². The predicted molar refractivity (Wildman–Crippen MR) is 85.8 cm³/mol. The summed E-state index contributed by atoms with van der Waals surface area (Å²) in [5, 5.41) is 21.7. The van der Waals surface area contributed by atoms with Gasteiger partial charge in [0.05, 0.1) is 22.5 Å². The Labute approximate surface area is 140 Å². The average Bonchev–Trinajstić information content (AvgIpc) is 3.07. The molecule has 2 heterocycles. The second kappa shape index (κ2) is 6.90. The van der Waals surface area contributed by atoms with Gasteiger partial charge in [-0.1, -0.05) is 0 Å². The van der Waals surface area contributed by atoms with E-state index < -0.39 is 4.92 Å². The molecule has 2 aromatic heterocycles. The largest absolute Gasteiger partial charge is 0.404 e. The second-order valence-corrected chi connectivity index (χ2v) is 5.79. The number of nitrogens with zero attached hydrogens (tertiary/aromatic N) is 5. The van der Waals surface area contributed by atoms with Crippen LogP contribution in [0.3, 0.4) is 0 Å². The smallest absolute Gasteiger partial charge is 0.358 e. The van der Waals surface area contributed by atoms with Crippen molar-refractivity contribution in [3.8, 4) is 0 Å². The molecule has 0 aromatic carbocycles. The topological polar surface area (TPSA) is 108 Å². The van der Waals surface area contributed by atoms with Crippen molar-refractivity contribution in [1.29, 1.82) is 0 Å². The Morgan fingerprint density at radius 3 is 2.78 bits per heavy atom. The van der Waals surface area contributed by atoms with Gasteiger partial charge in [0.2, 0.25) is 5.91 Å². The first-order chi connectivity index (χ1) is 10.8. The van der Waals surface area contributed by atoms with E-state index in [9.17, 15) is 14.9 Å². The summed E-state index contributed by atoms with van der Waals surface area (Å²) in [5.41, 5.74) is 1.42. The molecule has 0 aliphatic heterocycles. The third kappa shape index (κ3) is 3.58. The van der Waals surface area contributed by atoms with Crippen LogP contribution in [-0.2, 0) is 17.9 Å². The molecular weight excluding hydrogens is 368 g/mol. The van der Waals surface area contributed by atoms with E-state index >= 15 is 0 Å². The molecule has 0 bridgehead atoms. The van der Waals surface area contributed by atoms with Crippen molar-refractivity contribution in [3.05, 3.63) is 38.2 Å². The summed E-state index contributed by atoms with van der Waals surface area (Å²) in [6.45, 7) is 6.10.